The maximum Gasteiger partial charge on any atom is 0.344 e. The van der Waals surface area contributed by atoms with Gasteiger partial charge in [-0.3, -0.25) is 9.36 Å². The van der Waals surface area contributed by atoms with Crippen LogP contribution in [-0.4, -0.2) is 34.6 Å². The lowest BCUT2D eigenvalue weighted by molar-refractivity contribution is -0.122. The summed E-state index contributed by atoms with van der Waals surface area (Å²) in [4.78, 5) is 28.2. The van der Waals surface area contributed by atoms with Gasteiger partial charge in [0.05, 0.1) is 6.04 Å². The summed E-state index contributed by atoms with van der Waals surface area (Å²) < 4.78 is 10.4. The van der Waals surface area contributed by atoms with Gasteiger partial charge in [0.25, 0.3) is 0 Å². The van der Waals surface area contributed by atoms with E-state index in [1.807, 2.05) is 0 Å². The molecule has 0 rings (SSSR count). The third-order valence-electron chi connectivity index (χ3n) is 1.77. The summed E-state index contributed by atoms with van der Waals surface area (Å²) in [5.41, 5.74) is 10.7. The standard InChI is InChI=1S/C7H18N3O4P/c8-4-2-1-3-6(9)7(11)10-5-15(12,13)14/h6H,1-5,8-9H2,(H,10,11)(H2,12,13,14). The summed E-state index contributed by atoms with van der Waals surface area (Å²) in [5, 5.41) is 2.09. The number of nitrogens with one attached hydrogen (secondary N) is 1. The predicted molar refractivity (Wildman–Crippen MR) is 55.9 cm³/mol. The highest BCUT2D eigenvalue weighted by Gasteiger charge is 2.18. The van der Waals surface area contributed by atoms with Crippen LogP contribution in [-0.2, 0) is 9.36 Å². The molecule has 1 atom stereocenters. The van der Waals surface area contributed by atoms with E-state index in [1.165, 1.54) is 0 Å². The van der Waals surface area contributed by atoms with E-state index in [0.717, 1.165) is 12.8 Å². The van der Waals surface area contributed by atoms with E-state index < -0.39 is 25.8 Å². The number of carbonyl (C=O) groups excluding carboxylic acids is 1. The van der Waals surface area contributed by atoms with Crippen LogP contribution >= 0.6 is 7.60 Å². The van der Waals surface area contributed by atoms with Gasteiger partial charge in [0, 0.05) is 0 Å². The molecule has 7 N–H and O–H groups in total. The Morgan fingerprint density at radius 3 is 2.47 bits per heavy atom. The van der Waals surface area contributed by atoms with E-state index >= 15 is 0 Å². The number of rotatable bonds is 7. The normalized spacial score (nSPS) is 13.6. The second-order valence-corrected chi connectivity index (χ2v) is 4.90. The Kier molecular flexibility index (Phi) is 6.71. The molecule has 0 aliphatic rings. The van der Waals surface area contributed by atoms with Gasteiger partial charge in [0.1, 0.15) is 6.29 Å². The molecule has 0 radical (unpaired) electrons. The van der Waals surface area contributed by atoms with Gasteiger partial charge in [0.2, 0.25) is 5.91 Å². The number of carbonyl (C=O) groups is 1. The van der Waals surface area contributed by atoms with Crippen molar-refractivity contribution in [2.24, 2.45) is 11.5 Å². The second kappa shape index (κ2) is 6.92. The van der Waals surface area contributed by atoms with E-state index in [1.54, 1.807) is 0 Å². The molecule has 0 bridgehead atoms. The van der Waals surface area contributed by atoms with Crippen molar-refractivity contribution in [3.8, 4) is 0 Å². The average Bonchev–Trinajstić information content (AvgIpc) is 2.13. The molecule has 0 aromatic heterocycles. The van der Waals surface area contributed by atoms with Gasteiger partial charge in [-0.2, -0.15) is 0 Å². The fourth-order valence-corrected chi connectivity index (χ4v) is 1.31. The van der Waals surface area contributed by atoms with Crippen LogP contribution in [0.1, 0.15) is 19.3 Å². The van der Waals surface area contributed by atoms with Gasteiger partial charge in [0.15, 0.2) is 0 Å². The van der Waals surface area contributed by atoms with Gasteiger partial charge < -0.3 is 26.6 Å². The highest BCUT2D eigenvalue weighted by atomic mass is 31.2. The molecule has 7 nitrogen and oxygen atoms in total. The Labute approximate surface area is 88.4 Å². The molecule has 0 saturated carbocycles. The van der Waals surface area contributed by atoms with Crippen molar-refractivity contribution >= 4 is 13.5 Å². The maximum atomic E-state index is 11.2. The zero-order chi connectivity index (χ0) is 11.9. The Bertz CT molecular complexity index is 242. The summed E-state index contributed by atoms with van der Waals surface area (Å²) >= 11 is 0. The van der Waals surface area contributed by atoms with Gasteiger partial charge in [-0.05, 0) is 19.4 Å². The lowest BCUT2D eigenvalue weighted by atomic mass is 10.1. The van der Waals surface area contributed by atoms with Crippen molar-refractivity contribution < 1.29 is 19.1 Å². The highest BCUT2D eigenvalue weighted by molar-refractivity contribution is 7.51. The molecule has 1 amide bonds. The lowest BCUT2D eigenvalue weighted by Crippen LogP contribution is -2.40. The van der Waals surface area contributed by atoms with Crippen LogP contribution < -0.4 is 16.8 Å². The van der Waals surface area contributed by atoms with E-state index in [-0.39, 0.29) is 0 Å². The maximum absolute atomic E-state index is 11.2. The summed E-state index contributed by atoms with van der Waals surface area (Å²) in [7, 11) is -4.20. The second-order valence-electron chi connectivity index (χ2n) is 3.25. The van der Waals surface area contributed by atoms with Crippen molar-refractivity contribution in [3.63, 3.8) is 0 Å². The van der Waals surface area contributed by atoms with E-state index in [2.05, 4.69) is 5.32 Å². The number of hydrogen-bond acceptors (Lipinski definition) is 4. The van der Waals surface area contributed by atoms with Crippen LogP contribution in [0, 0.1) is 0 Å². The van der Waals surface area contributed by atoms with Crippen molar-refractivity contribution in [1.82, 2.24) is 5.32 Å². The number of amides is 1. The summed E-state index contributed by atoms with van der Waals surface area (Å²) in [6.45, 7) is 0.539. The molecule has 0 saturated heterocycles. The molecule has 0 aliphatic heterocycles. The Morgan fingerprint density at radius 2 is 2.00 bits per heavy atom. The molecular formula is C7H18N3O4P. The molecule has 90 valence electrons. The number of hydrogen-bond donors (Lipinski definition) is 5. The predicted octanol–water partition coefficient (Wildman–Crippen LogP) is -1.31. The van der Waals surface area contributed by atoms with E-state index in [0.29, 0.717) is 13.0 Å². The Balaban J connectivity index is 3.74. The van der Waals surface area contributed by atoms with Gasteiger partial charge in [-0.25, -0.2) is 0 Å². The molecule has 0 aromatic carbocycles. The van der Waals surface area contributed by atoms with Gasteiger partial charge >= 0.3 is 7.60 Å². The first-order valence-corrected chi connectivity index (χ1v) is 6.44. The zero-order valence-corrected chi connectivity index (χ0v) is 9.32. The summed E-state index contributed by atoms with van der Waals surface area (Å²) in [6, 6.07) is -0.733. The molecule has 8 heteroatoms. The fraction of sp³-hybridized carbons (Fsp3) is 0.857. The molecule has 0 fully saturated rings. The van der Waals surface area contributed by atoms with Crippen LogP contribution in [0.4, 0.5) is 0 Å². The molecule has 15 heavy (non-hydrogen) atoms. The van der Waals surface area contributed by atoms with E-state index in [4.69, 9.17) is 21.3 Å². The average molecular weight is 239 g/mol. The minimum Gasteiger partial charge on any atom is -0.343 e. The van der Waals surface area contributed by atoms with Crippen LogP contribution in [0.2, 0.25) is 0 Å². The molecule has 0 heterocycles. The van der Waals surface area contributed by atoms with Crippen molar-refractivity contribution in [2.45, 2.75) is 25.3 Å². The van der Waals surface area contributed by atoms with Crippen LogP contribution in [0.25, 0.3) is 0 Å². The molecule has 0 spiro atoms. The van der Waals surface area contributed by atoms with E-state index in [9.17, 15) is 9.36 Å². The first kappa shape index (κ1) is 14.5. The minimum atomic E-state index is -4.20. The molecule has 1 unspecified atom stereocenters. The SMILES string of the molecule is NCCCCC(N)C(=O)NCP(=O)(O)O. The monoisotopic (exact) mass is 239 g/mol. The number of unbranched alkanes of at least 4 members (excludes halogenated alkanes) is 1. The topological polar surface area (TPSA) is 139 Å². The van der Waals surface area contributed by atoms with Crippen molar-refractivity contribution in [1.29, 1.82) is 0 Å². The molecule has 0 aromatic rings. The van der Waals surface area contributed by atoms with Crippen LogP contribution in [0.15, 0.2) is 0 Å². The Morgan fingerprint density at radius 1 is 1.40 bits per heavy atom. The number of nitrogens with two attached hydrogens (primary N) is 2. The van der Waals surface area contributed by atoms with Crippen LogP contribution in [0.3, 0.4) is 0 Å². The smallest absolute Gasteiger partial charge is 0.343 e. The first-order chi connectivity index (χ1) is 6.87. The van der Waals surface area contributed by atoms with Crippen LogP contribution in [0.5, 0.6) is 0 Å². The van der Waals surface area contributed by atoms with Gasteiger partial charge in [-0.15, -0.1) is 0 Å². The van der Waals surface area contributed by atoms with Gasteiger partial charge in [-0.1, -0.05) is 6.42 Å². The fourth-order valence-electron chi connectivity index (χ4n) is 0.952. The lowest BCUT2D eigenvalue weighted by Gasteiger charge is -2.12. The quantitative estimate of drug-likeness (QED) is 0.276. The summed E-state index contributed by atoms with van der Waals surface area (Å²) in [6.07, 6.45) is 1.29. The highest BCUT2D eigenvalue weighted by Crippen LogP contribution is 2.31. The molecule has 0 aliphatic carbocycles. The van der Waals surface area contributed by atoms with Crippen molar-refractivity contribution in [3.05, 3.63) is 0 Å². The Hall–Kier alpha value is -0.460. The molecular weight excluding hydrogens is 221 g/mol. The third kappa shape index (κ3) is 8.53. The summed E-state index contributed by atoms with van der Waals surface area (Å²) in [5.74, 6) is -0.546. The first-order valence-electron chi connectivity index (χ1n) is 4.64. The third-order valence-corrected chi connectivity index (χ3v) is 2.34. The largest absolute Gasteiger partial charge is 0.344 e. The minimum absolute atomic E-state index is 0.462. The van der Waals surface area contributed by atoms with Crippen molar-refractivity contribution in [2.75, 3.05) is 12.8 Å². The zero-order valence-electron chi connectivity index (χ0n) is 8.43.